The van der Waals surface area contributed by atoms with Gasteiger partial charge in [-0.15, -0.1) is 0 Å². The SMILES string of the molecule is Cc1cc(NC(=O)[C@H](CC2CC[N+](C)(C)CC2)NC(=O)[C@@H]2Cc3ccccc3CN2C(=O)CCC(=O)c2ccccc2)ccc1Cl. The van der Waals surface area contributed by atoms with E-state index < -0.39 is 12.1 Å². The fourth-order valence-electron chi connectivity index (χ4n) is 6.49. The number of nitrogens with zero attached hydrogens (tertiary/aromatic N) is 2. The lowest BCUT2D eigenvalue weighted by Gasteiger charge is -2.39. The number of quaternary nitrogens is 1. The quantitative estimate of drug-likeness (QED) is 0.223. The van der Waals surface area contributed by atoms with Crippen molar-refractivity contribution in [3.8, 4) is 0 Å². The zero-order valence-corrected chi connectivity index (χ0v) is 27.7. The van der Waals surface area contributed by atoms with Crippen LogP contribution in [-0.4, -0.2) is 72.2 Å². The summed E-state index contributed by atoms with van der Waals surface area (Å²) in [5, 5.41) is 6.66. The topological polar surface area (TPSA) is 95.6 Å². The van der Waals surface area contributed by atoms with Crippen molar-refractivity contribution in [3.05, 3.63) is 100 Å². The number of aryl methyl sites for hydroxylation is 1. The summed E-state index contributed by atoms with van der Waals surface area (Å²) in [5.41, 5.74) is 3.98. The number of amides is 3. The molecule has 3 amide bonds. The van der Waals surface area contributed by atoms with Gasteiger partial charge in [-0.05, 0) is 67.0 Å². The van der Waals surface area contributed by atoms with Crippen molar-refractivity contribution in [1.29, 1.82) is 0 Å². The monoisotopic (exact) mass is 643 g/mol. The number of likely N-dealkylation sites (tertiary alicyclic amines) is 1. The molecule has 0 bridgehead atoms. The van der Waals surface area contributed by atoms with E-state index in [1.807, 2.05) is 43.3 Å². The first-order valence-electron chi connectivity index (χ1n) is 16.1. The summed E-state index contributed by atoms with van der Waals surface area (Å²) >= 11 is 6.21. The average molecular weight is 644 g/mol. The standard InChI is InChI=1S/C37H43ClN4O4/c1-25-21-30(13-14-31(25)38)39-36(45)32(22-26-17-19-42(2,3)20-18-26)40-37(46)33-23-28-11-7-8-12-29(28)24-41(33)35(44)16-15-34(43)27-9-5-4-6-10-27/h4-14,21,26,32-33H,15-20,22-24H2,1-3H3,(H-,39,40,45,46)/p+1/t32-,33-/m0/s1. The highest BCUT2D eigenvalue weighted by Crippen LogP contribution is 2.28. The van der Waals surface area contributed by atoms with Crippen LogP contribution in [0.3, 0.4) is 0 Å². The first kappa shape index (κ1) is 33.4. The molecule has 8 nitrogen and oxygen atoms in total. The van der Waals surface area contributed by atoms with Gasteiger partial charge in [0.05, 0.1) is 27.2 Å². The third-order valence-corrected chi connectivity index (χ3v) is 9.87. The Morgan fingerprint density at radius 1 is 0.913 bits per heavy atom. The molecule has 1 saturated heterocycles. The summed E-state index contributed by atoms with van der Waals surface area (Å²) in [7, 11) is 4.43. The number of fused-ring (bicyclic) bond motifs is 1. The number of hydrogen-bond donors (Lipinski definition) is 2. The molecular weight excluding hydrogens is 600 g/mol. The molecule has 3 aromatic rings. The van der Waals surface area contributed by atoms with E-state index in [0.29, 0.717) is 29.1 Å². The van der Waals surface area contributed by atoms with Gasteiger partial charge in [-0.2, -0.15) is 0 Å². The predicted molar refractivity (Wildman–Crippen MR) is 180 cm³/mol. The highest BCUT2D eigenvalue weighted by atomic mass is 35.5. The van der Waals surface area contributed by atoms with E-state index in [1.54, 1.807) is 41.3 Å². The van der Waals surface area contributed by atoms with E-state index in [1.165, 1.54) is 0 Å². The second-order valence-electron chi connectivity index (χ2n) is 13.4. The normalized spacial score (nSPS) is 18.3. The average Bonchev–Trinajstić information content (AvgIpc) is 3.05. The first-order chi connectivity index (χ1) is 22.0. The summed E-state index contributed by atoms with van der Waals surface area (Å²) in [5.74, 6) is -0.754. The third-order valence-electron chi connectivity index (χ3n) is 9.45. The lowest BCUT2D eigenvalue weighted by atomic mass is 9.88. The van der Waals surface area contributed by atoms with Crippen LogP contribution >= 0.6 is 11.6 Å². The van der Waals surface area contributed by atoms with Crippen molar-refractivity contribution in [3.63, 3.8) is 0 Å². The van der Waals surface area contributed by atoms with Crippen LogP contribution < -0.4 is 10.6 Å². The van der Waals surface area contributed by atoms with Gasteiger partial charge < -0.3 is 20.0 Å². The molecule has 0 unspecified atom stereocenters. The van der Waals surface area contributed by atoms with Gasteiger partial charge in [0.2, 0.25) is 17.7 Å². The van der Waals surface area contributed by atoms with Crippen molar-refractivity contribution < 1.29 is 23.7 Å². The molecule has 2 aliphatic rings. The Balaban J connectivity index is 1.34. The van der Waals surface area contributed by atoms with Crippen LogP contribution in [0.5, 0.6) is 0 Å². The van der Waals surface area contributed by atoms with Gasteiger partial charge >= 0.3 is 0 Å². The number of piperidine rings is 1. The zero-order chi connectivity index (χ0) is 32.8. The maximum absolute atomic E-state index is 14.1. The van der Waals surface area contributed by atoms with Crippen LogP contribution in [0.25, 0.3) is 0 Å². The number of carbonyl (C=O) groups is 4. The van der Waals surface area contributed by atoms with Gasteiger partial charge in [-0.3, -0.25) is 19.2 Å². The Hall–Kier alpha value is -4.01. The highest BCUT2D eigenvalue weighted by Gasteiger charge is 2.37. The molecule has 2 heterocycles. The number of hydrogen-bond acceptors (Lipinski definition) is 4. The van der Waals surface area contributed by atoms with Crippen molar-refractivity contribution >= 4 is 40.8 Å². The molecule has 5 rings (SSSR count). The lowest BCUT2D eigenvalue weighted by Crippen LogP contribution is -2.56. The number of anilines is 1. The van der Waals surface area contributed by atoms with Crippen LogP contribution in [0.1, 0.15) is 59.2 Å². The van der Waals surface area contributed by atoms with Gasteiger partial charge in [0.15, 0.2) is 5.78 Å². The Kier molecular flexibility index (Phi) is 10.6. The van der Waals surface area contributed by atoms with E-state index in [2.05, 4.69) is 24.7 Å². The number of Topliss-reactive ketones (excluding diaryl/α,β-unsaturated/α-hetero) is 1. The zero-order valence-electron chi connectivity index (χ0n) is 26.9. The van der Waals surface area contributed by atoms with Crippen molar-refractivity contribution in [1.82, 2.24) is 10.2 Å². The van der Waals surface area contributed by atoms with Gasteiger partial charge in [0.1, 0.15) is 12.1 Å². The number of rotatable bonds is 10. The predicted octanol–water partition coefficient (Wildman–Crippen LogP) is 5.56. The van der Waals surface area contributed by atoms with Crippen LogP contribution in [-0.2, 0) is 27.3 Å². The van der Waals surface area contributed by atoms with E-state index in [9.17, 15) is 19.2 Å². The fraction of sp³-hybridized carbons (Fsp3) is 0.405. The largest absolute Gasteiger partial charge is 0.342 e. The van der Waals surface area contributed by atoms with Crippen LogP contribution in [0, 0.1) is 12.8 Å². The number of ketones is 1. The third kappa shape index (κ3) is 8.42. The van der Waals surface area contributed by atoms with E-state index in [0.717, 1.165) is 47.1 Å². The molecule has 1 fully saturated rings. The van der Waals surface area contributed by atoms with E-state index in [-0.39, 0.29) is 48.8 Å². The second kappa shape index (κ2) is 14.6. The smallest absolute Gasteiger partial charge is 0.246 e. The first-order valence-corrected chi connectivity index (χ1v) is 16.5. The number of halogens is 1. The van der Waals surface area contributed by atoms with Gasteiger partial charge in [0.25, 0.3) is 0 Å². The molecule has 0 saturated carbocycles. The van der Waals surface area contributed by atoms with Crippen LogP contribution in [0.2, 0.25) is 5.02 Å². The molecule has 0 radical (unpaired) electrons. The number of carbonyl (C=O) groups excluding carboxylic acids is 4. The van der Waals surface area contributed by atoms with Gasteiger partial charge in [-0.25, -0.2) is 0 Å². The van der Waals surface area contributed by atoms with Crippen molar-refractivity contribution in [2.45, 2.75) is 64.1 Å². The Morgan fingerprint density at radius 3 is 2.28 bits per heavy atom. The lowest BCUT2D eigenvalue weighted by molar-refractivity contribution is -0.896. The molecule has 0 aliphatic carbocycles. The molecule has 2 aliphatic heterocycles. The minimum absolute atomic E-state index is 0.00435. The Bertz CT molecular complexity index is 1580. The van der Waals surface area contributed by atoms with Crippen molar-refractivity contribution in [2.75, 3.05) is 32.5 Å². The van der Waals surface area contributed by atoms with E-state index >= 15 is 0 Å². The van der Waals surface area contributed by atoms with Crippen molar-refractivity contribution in [2.24, 2.45) is 5.92 Å². The molecule has 242 valence electrons. The van der Waals surface area contributed by atoms with Crippen LogP contribution in [0.4, 0.5) is 5.69 Å². The molecule has 2 atom stereocenters. The highest BCUT2D eigenvalue weighted by molar-refractivity contribution is 6.31. The molecule has 0 spiro atoms. The summed E-state index contributed by atoms with van der Waals surface area (Å²) in [6, 6.07) is 20.4. The maximum atomic E-state index is 14.1. The molecule has 3 aromatic carbocycles. The molecular formula is C37H44ClN4O4+. The number of nitrogens with one attached hydrogen (secondary N) is 2. The Labute approximate surface area is 276 Å². The summed E-state index contributed by atoms with van der Waals surface area (Å²) < 4.78 is 0.940. The van der Waals surface area contributed by atoms with E-state index in [4.69, 9.17) is 11.6 Å². The van der Waals surface area contributed by atoms with Crippen LogP contribution in [0.15, 0.2) is 72.8 Å². The van der Waals surface area contributed by atoms with Gasteiger partial charge in [-0.1, -0.05) is 66.2 Å². The summed E-state index contributed by atoms with van der Waals surface area (Å²) in [6.45, 7) is 4.15. The minimum Gasteiger partial charge on any atom is -0.342 e. The summed E-state index contributed by atoms with van der Waals surface area (Å²) in [6.07, 6.45) is 2.81. The number of benzene rings is 3. The Morgan fingerprint density at radius 2 is 1.59 bits per heavy atom. The molecule has 2 N–H and O–H groups in total. The summed E-state index contributed by atoms with van der Waals surface area (Å²) in [4.78, 5) is 55.9. The molecule has 46 heavy (non-hydrogen) atoms. The fourth-order valence-corrected chi connectivity index (χ4v) is 6.61. The minimum atomic E-state index is -0.802. The second-order valence-corrected chi connectivity index (χ2v) is 13.8. The molecule has 9 heteroatoms. The maximum Gasteiger partial charge on any atom is 0.246 e. The van der Waals surface area contributed by atoms with Gasteiger partial charge in [0, 0.05) is 42.1 Å². The molecule has 0 aromatic heterocycles.